The molecule has 1 aliphatic heterocycles. The third-order valence-corrected chi connectivity index (χ3v) is 4.39. The quantitative estimate of drug-likeness (QED) is 0.874. The predicted molar refractivity (Wildman–Crippen MR) is 103 cm³/mol. The van der Waals surface area contributed by atoms with Gasteiger partial charge < -0.3 is 19.9 Å². The van der Waals surface area contributed by atoms with E-state index in [1.54, 1.807) is 37.8 Å². The van der Waals surface area contributed by atoms with E-state index in [-0.39, 0.29) is 17.6 Å². The second-order valence-electron chi connectivity index (χ2n) is 8.16. The van der Waals surface area contributed by atoms with E-state index in [1.807, 2.05) is 13.8 Å². The van der Waals surface area contributed by atoms with Crippen LogP contribution in [0.5, 0.6) is 0 Å². The highest BCUT2D eigenvalue weighted by Crippen LogP contribution is 2.18. The summed E-state index contributed by atoms with van der Waals surface area (Å²) in [6.45, 7) is 11.6. The molecule has 1 heterocycles. The summed E-state index contributed by atoms with van der Waals surface area (Å²) in [5.41, 5.74) is 0.325. The average Bonchev–Trinajstić information content (AvgIpc) is 2.58. The molecule has 27 heavy (non-hydrogen) atoms. The Morgan fingerprint density at radius 2 is 1.63 bits per heavy atom. The number of benzene rings is 1. The van der Waals surface area contributed by atoms with Gasteiger partial charge in [-0.1, -0.05) is 13.8 Å². The molecule has 1 aromatic rings. The largest absolute Gasteiger partial charge is 0.444 e. The Bertz CT molecular complexity index is 647. The van der Waals surface area contributed by atoms with Gasteiger partial charge >= 0.3 is 6.09 Å². The molecule has 1 N–H and O–H groups in total. The van der Waals surface area contributed by atoms with Crippen molar-refractivity contribution in [3.05, 3.63) is 30.1 Å². The number of carbonyl (C=O) groups excluding carboxylic acids is 2. The van der Waals surface area contributed by atoms with Gasteiger partial charge in [-0.3, -0.25) is 4.79 Å². The average molecular weight is 379 g/mol. The number of ether oxygens (including phenoxy) is 1. The van der Waals surface area contributed by atoms with Crippen LogP contribution in [0.1, 0.15) is 34.6 Å². The standard InChI is InChI=1S/C20H30FN3O3/c1-14(2)17(22-19(26)27-20(3,4)5)18(25)24-12-10-23(11-13-24)16-8-6-15(21)7-9-16/h6-9,14,17H,10-13H2,1-5H3,(H,22,26). The molecule has 0 aromatic heterocycles. The molecule has 1 saturated heterocycles. The molecule has 1 atom stereocenters. The number of amides is 2. The second kappa shape index (κ2) is 8.59. The Kier molecular flexibility index (Phi) is 6.68. The van der Waals surface area contributed by atoms with Gasteiger partial charge in [0, 0.05) is 31.9 Å². The van der Waals surface area contributed by atoms with Crippen molar-refractivity contribution < 1.29 is 18.7 Å². The third-order valence-electron chi connectivity index (χ3n) is 4.39. The summed E-state index contributed by atoms with van der Waals surface area (Å²) in [4.78, 5) is 28.9. The fourth-order valence-corrected chi connectivity index (χ4v) is 2.98. The van der Waals surface area contributed by atoms with Crippen LogP contribution >= 0.6 is 0 Å². The van der Waals surface area contributed by atoms with Gasteiger partial charge in [-0.05, 0) is 51.0 Å². The minimum absolute atomic E-state index is 0.0554. The maximum atomic E-state index is 13.1. The monoisotopic (exact) mass is 379 g/mol. The van der Waals surface area contributed by atoms with E-state index in [0.29, 0.717) is 26.2 Å². The van der Waals surface area contributed by atoms with Crippen LogP contribution in [0.3, 0.4) is 0 Å². The normalized spacial score (nSPS) is 16.3. The molecule has 1 aliphatic rings. The second-order valence-corrected chi connectivity index (χ2v) is 8.16. The number of piperazine rings is 1. The Hall–Kier alpha value is -2.31. The van der Waals surface area contributed by atoms with Crippen molar-refractivity contribution in [3.8, 4) is 0 Å². The number of carbonyl (C=O) groups is 2. The molecule has 1 unspecified atom stereocenters. The zero-order chi connectivity index (χ0) is 20.2. The van der Waals surface area contributed by atoms with E-state index < -0.39 is 17.7 Å². The Labute approximate surface area is 160 Å². The van der Waals surface area contributed by atoms with Crippen LogP contribution < -0.4 is 10.2 Å². The van der Waals surface area contributed by atoms with E-state index in [9.17, 15) is 14.0 Å². The molecule has 1 fully saturated rings. The van der Waals surface area contributed by atoms with Crippen LogP contribution in [0.2, 0.25) is 0 Å². The minimum atomic E-state index is -0.628. The van der Waals surface area contributed by atoms with Crippen molar-refractivity contribution in [2.24, 2.45) is 5.92 Å². The highest BCUT2D eigenvalue weighted by molar-refractivity contribution is 5.86. The number of hydrogen-bond acceptors (Lipinski definition) is 4. The molecule has 0 spiro atoms. The summed E-state index contributed by atoms with van der Waals surface area (Å²) in [7, 11) is 0. The number of alkyl carbamates (subject to hydrolysis) is 1. The van der Waals surface area contributed by atoms with E-state index in [1.165, 1.54) is 12.1 Å². The molecule has 2 rings (SSSR count). The number of nitrogens with one attached hydrogen (secondary N) is 1. The summed E-state index contributed by atoms with van der Waals surface area (Å²) in [6.07, 6.45) is -0.584. The smallest absolute Gasteiger partial charge is 0.408 e. The van der Waals surface area contributed by atoms with Crippen LogP contribution in [-0.4, -0.2) is 54.7 Å². The van der Waals surface area contributed by atoms with Crippen LogP contribution in [0.15, 0.2) is 24.3 Å². The Morgan fingerprint density at radius 3 is 2.11 bits per heavy atom. The van der Waals surface area contributed by atoms with Crippen LogP contribution in [0, 0.1) is 11.7 Å². The summed E-state index contributed by atoms with van der Waals surface area (Å²) >= 11 is 0. The molecule has 6 nitrogen and oxygen atoms in total. The number of anilines is 1. The number of nitrogens with zero attached hydrogens (tertiary/aromatic N) is 2. The molecule has 1 aromatic carbocycles. The molecule has 0 aliphatic carbocycles. The number of halogens is 1. The summed E-state index contributed by atoms with van der Waals surface area (Å²) in [5.74, 6) is -0.421. The van der Waals surface area contributed by atoms with Gasteiger partial charge in [0.25, 0.3) is 0 Å². The van der Waals surface area contributed by atoms with E-state index in [0.717, 1.165) is 5.69 Å². The van der Waals surface area contributed by atoms with Crippen LogP contribution in [-0.2, 0) is 9.53 Å². The van der Waals surface area contributed by atoms with Crippen LogP contribution in [0.25, 0.3) is 0 Å². The first-order chi connectivity index (χ1) is 12.6. The lowest BCUT2D eigenvalue weighted by molar-refractivity contribution is -0.134. The lowest BCUT2D eigenvalue weighted by Crippen LogP contribution is -2.56. The van der Waals surface area contributed by atoms with Crippen molar-refractivity contribution in [2.45, 2.75) is 46.3 Å². The highest BCUT2D eigenvalue weighted by Gasteiger charge is 2.32. The fourth-order valence-electron chi connectivity index (χ4n) is 2.98. The van der Waals surface area contributed by atoms with Gasteiger partial charge in [-0.25, -0.2) is 9.18 Å². The SMILES string of the molecule is CC(C)C(NC(=O)OC(C)(C)C)C(=O)N1CCN(c2ccc(F)cc2)CC1. The summed E-state index contributed by atoms with van der Waals surface area (Å²) in [6, 6.07) is 5.73. The Balaban J connectivity index is 1.95. The summed E-state index contributed by atoms with van der Waals surface area (Å²) < 4.78 is 18.4. The molecule has 0 radical (unpaired) electrons. The van der Waals surface area contributed by atoms with Crippen molar-refractivity contribution in [1.82, 2.24) is 10.2 Å². The zero-order valence-electron chi connectivity index (χ0n) is 16.8. The highest BCUT2D eigenvalue weighted by atomic mass is 19.1. The van der Waals surface area contributed by atoms with Crippen molar-refractivity contribution in [1.29, 1.82) is 0 Å². The van der Waals surface area contributed by atoms with Gasteiger partial charge in [0.15, 0.2) is 0 Å². The van der Waals surface area contributed by atoms with Gasteiger partial charge in [0.05, 0.1) is 0 Å². The van der Waals surface area contributed by atoms with E-state index >= 15 is 0 Å². The van der Waals surface area contributed by atoms with Gasteiger partial charge in [-0.15, -0.1) is 0 Å². The number of rotatable bonds is 4. The van der Waals surface area contributed by atoms with E-state index in [4.69, 9.17) is 4.74 Å². The third kappa shape index (κ3) is 6.12. The first-order valence-corrected chi connectivity index (χ1v) is 9.35. The van der Waals surface area contributed by atoms with Crippen molar-refractivity contribution in [2.75, 3.05) is 31.1 Å². The van der Waals surface area contributed by atoms with Gasteiger partial charge in [0.2, 0.25) is 5.91 Å². The Morgan fingerprint density at radius 1 is 1.07 bits per heavy atom. The molecule has 2 amide bonds. The number of hydrogen-bond donors (Lipinski definition) is 1. The van der Waals surface area contributed by atoms with Crippen molar-refractivity contribution in [3.63, 3.8) is 0 Å². The maximum Gasteiger partial charge on any atom is 0.408 e. The summed E-state index contributed by atoms with van der Waals surface area (Å²) in [5, 5.41) is 2.71. The first-order valence-electron chi connectivity index (χ1n) is 9.35. The van der Waals surface area contributed by atoms with Gasteiger partial charge in [-0.2, -0.15) is 0 Å². The zero-order valence-corrected chi connectivity index (χ0v) is 16.8. The first kappa shape index (κ1) is 21.0. The molecule has 7 heteroatoms. The lowest BCUT2D eigenvalue weighted by atomic mass is 10.0. The minimum Gasteiger partial charge on any atom is -0.444 e. The fraction of sp³-hybridized carbons (Fsp3) is 0.600. The topological polar surface area (TPSA) is 61.9 Å². The van der Waals surface area contributed by atoms with Crippen LogP contribution in [0.4, 0.5) is 14.9 Å². The molecular formula is C20H30FN3O3. The lowest BCUT2D eigenvalue weighted by Gasteiger charge is -2.38. The predicted octanol–water partition coefficient (Wildman–Crippen LogP) is 3.02. The van der Waals surface area contributed by atoms with Crippen molar-refractivity contribution >= 4 is 17.7 Å². The molecule has 0 bridgehead atoms. The molecular weight excluding hydrogens is 349 g/mol. The molecule has 0 saturated carbocycles. The molecule has 150 valence electrons. The van der Waals surface area contributed by atoms with E-state index in [2.05, 4.69) is 10.2 Å². The maximum absolute atomic E-state index is 13.1. The van der Waals surface area contributed by atoms with Gasteiger partial charge in [0.1, 0.15) is 17.5 Å².